The Labute approximate surface area is 174 Å². The van der Waals surface area contributed by atoms with E-state index in [-0.39, 0.29) is 0 Å². The lowest BCUT2D eigenvalue weighted by atomic mass is 10.1. The molecule has 1 aliphatic rings. The average Bonchev–Trinajstić information content (AvgIpc) is 3.35. The van der Waals surface area contributed by atoms with Gasteiger partial charge in [0, 0.05) is 41.8 Å². The predicted molar refractivity (Wildman–Crippen MR) is 116 cm³/mol. The van der Waals surface area contributed by atoms with Crippen LogP contribution in [0.3, 0.4) is 0 Å². The molecule has 1 aliphatic heterocycles. The van der Waals surface area contributed by atoms with E-state index in [1.165, 1.54) is 22.0 Å². The van der Waals surface area contributed by atoms with Gasteiger partial charge in [0.1, 0.15) is 0 Å². The van der Waals surface area contributed by atoms with Gasteiger partial charge in [-0.3, -0.25) is 0 Å². The summed E-state index contributed by atoms with van der Waals surface area (Å²) in [5.41, 5.74) is 4.78. The first-order valence-corrected chi connectivity index (χ1v) is 10.0. The number of nitrogens with one attached hydrogen (secondary N) is 1. The molecule has 0 atom stereocenters. The van der Waals surface area contributed by atoms with Crippen LogP contribution < -0.4 is 14.8 Å². The van der Waals surface area contributed by atoms with Gasteiger partial charge in [0.25, 0.3) is 0 Å². The lowest BCUT2D eigenvalue weighted by Gasteiger charge is -2.07. The SMILES string of the molecule is Clc1ccccc1Cn1cc(CNCc2ccc3c(c2)OCO3)c2ccccc21. The van der Waals surface area contributed by atoms with E-state index in [4.69, 9.17) is 21.1 Å². The summed E-state index contributed by atoms with van der Waals surface area (Å²) < 4.78 is 13.1. The number of hydrogen-bond acceptors (Lipinski definition) is 3. The minimum absolute atomic E-state index is 0.303. The number of aromatic nitrogens is 1. The summed E-state index contributed by atoms with van der Waals surface area (Å²) in [5.74, 6) is 1.64. The molecule has 29 heavy (non-hydrogen) atoms. The summed E-state index contributed by atoms with van der Waals surface area (Å²) >= 11 is 6.38. The molecule has 0 unspecified atom stereocenters. The molecule has 0 aliphatic carbocycles. The van der Waals surface area contributed by atoms with Gasteiger partial charge in [-0.05, 0) is 41.0 Å². The summed E-state index contributed by atoms with van der Waals surface area (Å²) in [6.07, 6.45) is 2.22. The van der Waals surface area contributed by atoms with Gasteiger partial charge in [-0.2, -0.15) is 0 Å². The quantitative estimate of drug-likeness (QED) is 0.469. The lowest BCUT2D eigenvalue weighted by molar-refractivity contribution is 0.174. The maximum Gasteiger partial charge on any atom is 0.231 e. The van der Waals surface area contributed by atoms with Crippen molar-refractivity contribution in [3.8, 4) is 11.5 Å². The Bertz CT molecular complexity index is 1170. The van der Waals surface area contributed by atoms with Crippen molar-refractivity contribution in [2.24, 2.45) is 0 Å². The van der Waals surface area contributed by atoms with Crippen LogP contribution in [0.2, 0.25) is 5.02 Å². The summed E-state index contributed by atoms with van der Waals surface area (Å²) in [6.45, 7) is 2.60. The van der Waals surface area contributed by atoms with Crippen LogP contribution in [0.4, 0.5) is 0 Å². The first-order chi connectivity index (χ1) is 14.3. The molecule has 2 heterocycles. The smallest absolute Gasteiger partial charge is 0.231 e. The highest BCUT2D eigenvalue weighted by molar-refractivity contribution is 6.31. The number of halogens is 1. The predicted octanol–water partition coefficient (Wildman–Crippen LogP) is 5.36. The first kappa shape index (κ1) is 18.1. The van der Waals surface area contributed by atoms with Crippen LogP contribution in [0.25, 0.3) is 10.9 Å². The molecule has 4 aromatic rings. The second-order valence-corrected chi connectivity index (χ2v) is 7.59. The van der Waals surface area contributed by atoms with Gasteiger partial charge in [-0.1, -0.05) is 54.1 Å². The molecule has 0 amide bonds. The fourth-order valence-electron chi connectivity index (χ4n) is 3.80. The van der Waals surface area contributed by atoms with Gasteiger partial charge in [-0.15, -0.1) is 0 Å². The fourth-order valence-corrected chi connectivity index (χ4v) is 3.99. The molecule has 0 saturated heterocycles. The monoisotopic (exact) mass is 404 g/mol. The molecule has 5 rings (SSSR count). The van der Waals surface area contributed by atoms with Gasteiger partial charge in [0.2, 0.25) is 6.79 Å². The highest BCUT2D eigenvalue weighted by atomic mass is 35.5. The van der Waals surface area contributed by atoms with Crippen molar-refractivity contribution in [3.63, 3.8) is 0 Å². The van der Waals surface area contributed by atoms with E-state index >= 15 is 0 Å². The molecule has 1 aromatic heterocycles. The van der Waals surface area contributed by atoms with E-state index in [1.807, 2.05) is 30.3 Å². The summed E-state index contributed by atoms with van der Waals surface area (Å²) in [4.78, 5) is 0. The van der Waals surface area contributed by atoms with Crippen molar-refractivity contribution in [2.45, 2.75) is 19.6 Å². The zero-order valence-electron chi connectivity index (χ0n) is 15.9. The summed E-state index contributed by atoms with van der Waals surface area (Å²) in [5, 5.41) is 5.61. The molecule has 0 saturated carbocycles. The Morgan fingerprint density at radius 1 is 0.862 bits per heavy atom. The number of nitrogens with zero attached hydrogens (tertiary/aromatic N) is 1. The van der Waals surface area contributed by atoms with Gasteiger partial charge in [0.15, 0.2) is 11.5 Å². The highest BCUT2D eigenvalue weighted by Gasteiger charge is 2.13. The number of benzene rings is 3. The van der Waals surface area contributed by atoms with Crippen LogP contribution in [0.5, 0.6) is 11.5 Å². The molecular formula is C24H21ClN2O2. The summed E-state index contributed by atoms with van der Waals surface area (Å²) in [7, 11) is 0. The largest absolute Gasteiger partial charge is 0.454 e. The van der Waals surface area contributed by atoms with Crippen LogP contribution in [-0.2, 0) is 19.6 Å². The highest BCUT2D eigenvalue weighted by Crippen LogP contribution is 2.32. The fraction of sp³-hybridized carbons (Fsp3) is 0.167. The second-order valence-electron chi connectivity index (χ2n) is 7.18. The zero-order chi connectivity index (χ0) is 19.6. The third-order valence-electron chi connectivity index (χ3n) is 5.25. The van der Waals surface area contributed by atoms with Gasteiger partial charge >= 0.3 is 0 Å². The molecule has 4 nitrogen and oxygen atoms in total. The Morgan fingerprint density at radius 3 is 2.62 bits per heavy atom. The Kier molecular flexibility index (Phi) is 4.88. The van der Waals surface area contributed by atoms with Gasteiger partial charge in [-0.25, -0.2) is 0 Å². The van der Waals surface area contributed by atoms with E-state index in [0.717, 1.165) is 41.7 Å². The van der Waals surface area contributed by atoms with Crippen LogP contribution >= 0.6 is 11.6 Å². The maximum atomic E-state index is 6.38. The van der Waals surface area contributed by atoms with E-state index in [1.54, 1.807) is 0 Å². The van der Waals surface area contributed by atoms with Crippen LogP contribution in [0.15, 0.2) is 72.9 Å². The minimum Gasteiger partial charge on any atom is -0.454 e. The molecular weight excluding hydrogens is 384 g/mol. The molecule has 146 valence electrons. The van der Waals surface area contributed by atoms with E-state index in [0.29, 0.717) is 6.79 Å². The van der Waals surface area contributed by atoms with Crippen molar-refractivity contribution in [1.82, 2.24) is 9.88 Å². The second kappa shape index (κ2) is 7.82. The molecule has 0 spiro atoms. The number of hydrogen-bond donors (Lipinski definition) is 1. The first-order valence-electron chi connectivity index (χ1n) is 9.67. The van der Waals surface area contributed by atoms with Crippen LogP contribution in [0.1, 0.15) is 16.7 Å². The van der Waals surface area contributed by atoms with Crippen molar-refractivity contribution in [2.75, 3.05) is 6.79 Å². The third kappa shape index (κ3) is 3.69. The zero-order valence-corrected chi connectivity index (χ0v) is 16.7. The van der Waals surface area contributed by atoms with Gasteiger partial charge in [0.05, 0.1) is 0 Å². The number of rotatable bonds is 6. The minimum atomic E-state index is 0.303. The van der Waals surface area contributed by atoms with E-state index < -0.39 is 0 Å². The molecule has 0 fully saturated rings. The Morgan fingerprint density at radius 2 is 1.69 bits per heavy atom. The average molecular weight is 405 g/mol. The Balaban J connectivity index is 1.34. The summed E-state index contributed by atoms with van der Waals surface area (Å²) in [6, 6.07) is 22.6. The van der Waals surface area contributed by atoms with Crippen molar-refractivity contribution in [3.05, 3.63) is 94.6 Å². The van der Waals surface area contributed by atoms with Crippen LogP contribution in [0, 0.1) is 0 Å². The molecule has 3 aromatic carbocycles. The third-order valence-corrected chi connectivity index (χ3v) is 5.62. The van der Waals surface area contributed by atoms with Crippen molar-refractivity contribution >= 4 is 22.5 Å². The van der Waals surface area contributed by atoms with E-state index in [9.17, 15) is 0 Å². The van der Waals surface area contributed by atoms with Crippen molar-refractivity contribution < 1.29 is 9.47 Å². The standard InChI is InChI=1S/C24H21ClN2O2/c25-21-7-3-1-5-18(21)14-27-15-19(20-6-2-4-8-22(20)27)13-26-12-17-9-10-23-24(11-17)29-16-28-23/h1-11,15,26H,12-14,16H2. The molecule has 0 bridgehead atoms. The van der Waals surface area contributed by atoms with Gasteiger partial charge < -0.3 is 19.4 Å². The number of para-hydroxylation sites is 1. The molecule has 0 radical (unpaired) electrons. The number of ether oxygens (including phenoxy) is 2. The van der Waals surface area contributed by atoms with Crippen LogP contribution in [-0.4, -0.2) is 11.4 Å². The number of fused-ring (bicyclic) bond motifs is 2. The topological polar surface area (TPSA) is 35.4 Å². The maximum absolute atomic E-state index is 6.38. The Hall–Kier alpha value is -2.95. The lowest BCUT2D eigenvalue weighted by Crippen LogP contribution is -2.12. The molecule has 1 N–H and O–H groups in total. The van der Waals surface area contributed by atoms with Crippen molar-refractivity contribution in [1.29, 1.82) is 0 Å². The molecule has 5 heteroatoms. The van der Waals surface area contributed by atoms with E-state index in [2.05, 4.69) is 52.5 Å². The normalized spacial score (nSPS) is 12.6.